The number of nitrogens with one attached hydrogen (secondary N) is 1. The van der Waals surface area contributed by atoms with E-state index in [1.165, 1.54) is 0 Å². The van der Waals surface area contributed by atoms with Gasteiger partial charge in [-0.3, -0.25) is 14.3 Å². The normalized spacial score (nSPS) is 16.5. The Morgan fingerprint density at radius 3 is 2.74 bits per heavy atom. The lowest BCUT2D eigenvalue weighted by Crippen LogP contribution is -2.30. The van der Waals surface area contributed by atoms with Crippen molar-refractivity contribution in [2.75, 3.05) is 32.6 Å². The van der Waals surface area contributed by atoms with E-state index >= 15 is 0 Å². The Hall–Kier alpha value is -3.03. The van der Waals surface area contributed by atoms with Gasteiger partial charge in [-0.25, -0.2) is 0 Å². The fourth-order valence-electron chi connectivity index (χ4n) is 3.19. The van der Waals surface area contributed by atoms with Crippen molar-refractivity contribution in [2.45, 2.75) is 12.8 Å². The van der Waals surface area contributed by atoms with Gasteiger partial charge in [0.05, 0.1) is 32.0 Å². The summed E-state index contributed by atoms with van der Waals surface area (Å²) in [6.07, 6.45) is 4.23. The summed E-state index contributed by atoms with van der Waals surface area (Å²) in [5.41, 5.74) is 1.68. The predicted molar refractivity (Wildman–Crippen MR) is 99.8 cm³/mol. The zero-order chi connectivity index (χ0) is 19.4. The molecule has 1 atom stereocenters. The molecule has 3 rings (SSSR count). The van der Waals surface area contributed by atoms with Crippen molar-refractivity contribution < 1.29 is 19.1 Å². The highest BCUT2D eigenvalue weighted by Crippen LogP contribution is 2.28. The Bertz CT molecular complexity index is 833. The van der Waals surface area contributed by atoms with E-state index in [2.05, 4.69) is 10.4 Å². The van der Waals surface area contributed by atoms with Crippen LogP contribution in [0.4, 0.5) is 5.69 Å². The summed E-state index contributed by atoms with van der Waals surface area (Å²) in [4.78, 5) is 26.4. The van der Waals surface area contributed by atoms with E-state index in [-0.39, 0.29) is 24.2 Å². The van der Waals surface area contributed by atoms with Gasteiger partial charge in [-0.15, -0.1) is 0 Å². The molecule has 2 amide bonds. The molecule has 1 N–H and O–H groups in total. The second-order valence-electron chi connectivity index (χ2n) is 6.57. The largest absolute Gasteiger partial charge is 0.493 e. The molecule has 27 heavy (non-hydrogen) atoms. The van der Waals surface area contributed by atoms with Gasteiger partial charge in [0, 0.05) is 32.8 Å². The van der Waals surface area contributed by atoms with Crippen molar-refractivity contribution in [3.63, 3.8) is 0 Å². The van der Waals surface area contributed by atoms with Crippen LogP contribution in [0, 0.1) is 5.92 Å². The lowest BCUT2D eigenvalue weighted by Gasteiger charge is -2.17. The first kappa shape index (κ1) is 18.8. The lowest BCUT2D eigenvalue weighted by molar-refractivity contribution is -0.128. The number of amides is 2. The molecule has 0 radical (unpaired) electrons. The summed E-state index contributed by atoms with van der Waals surface area (Å²) in [5, 5.41) is 6.84. The highest BCUT2D eigenvalue weighted by atomic mass is 16.5. The summed E-state index contributed by atoms with van der Waals surface area (Å²) >= 11 is 0. The lowest BCUT2D eigenvalue weighted by atomic mass is 10.1. The maximum absolute atomic E-state index is 12.4. The Balaban J connectivity index is 1.55. The van der Waals surface area contributed by atoms with Crippen LogP contribution in [-0.2, 0) is 23.1 Å². The Morgan fingerprint density at radius 2 is 2.07 bits per heavy atom. The number of rotatable bonds is 7. The number of methoxy groups -OCH3 is 2. The molecule has 1 aliphatic rings. The summed E-state index contributed by atoms with van der Waals surface area (Å²) in [5.74, 6) is 0.844. The first-order valence-corrected chi connectivity index (χ1v) is 8.78. The fourth-order valence-corrected chi connectivity index (χ4v) is 3.19. The number of aromatic nitrogens is 2. The van der Waals surface area contributed by atoms with Gasteiger partial charge in [0.15, 0.2) is 11.5 Å². The molecule has 1 fully saturated rings. The van der Waals surface area contributed by atoms with Crippen molar-refractivity contribution in [2.24, 2.45) is 13.0 Å². The number of nitrogens with zero attached hydrogens (tertiary/aromatic N) is 3. The molecular weight excluding hydrogens is 348 g/mol. The number of aryl methyl sites for hydroxylation is 1. The van der Waals surface area contributed by atoms with E-state index in [0.29, 0.717) is 36.7 Å². The molecule has 1 aromatic heterocycles. The average molecular weight is 372 g/mol. The van der Waals surface area contributed by atoms with E-state index in [1.807, 2.05) is 18.2 Å². The third kappa shape index (κ3) is 4.39. The zero-order valence-corrected chi connectivity index (χ0v) is 15.8. The Kier molecular flexibility index (Phi) is 5.63. The van der Waals surface area contributed by atoms with Crippen molar-refractivity contribution in [3.8, 4) is 11.5 Å². The molecule has 1 aromatic carbocycles. The zero-order valence-electron chi connectivity index (χ0n) is 15.8. The van der Waals surface area contributed by atoms with Crippen molar-refractivity contribution in [1.82, 2.24) is 14.7 Å². The standard InChI is InChI=1S/C19H24N4O4/c1-22-12-15(10-20-22)21-19(25)14-9-18(24)23(11-14)7-6-13-4-5-16(26-2)17(8-13)27-3/h4-5,8,10,12,14H,6-7,9,11H2,1-3H3,(H,21,25)/t14-/m1/s1. The van der Waals surface area contributed by atoms with Crippen LogP contribution in [0.15, 0.2) is 30.6 Å². The maximum Gasteiger partial charge on any atom is 0.229 e. The van der Waals surface area contributed by atoms with Crippen molar-refractivity contribution in [3.05, 3.63) is 36.2 Å². The second kappa shape index (κ2) is 8.11. The topological polar surface area (TPSA) is 85.7 Å². The average Bonchev–Trinajstić information content (AvgIpc) is 3.24. The summed E-state index contributed by atoms with van der Waals surface area (Å²) in [7, 11) is 4.97. The molecule has 1 aliphatic heterocycles. The number of benzene rings is 1. The second-order valence-corrected chi connectivity index (χ2v) is 6.57. The molecule has 0 spiro atoms. The molecule has 0 aliphatic carbocycles. The molecule has 144 valence electrons. The van der Waals surface area contributed by atoms with Gasteiger partial charge in [-0.05, 0) is 24.1 Å². The van der Waals surface area contributed by atoms with E-state index in [4.69, 9.17) is 9.47 Å². The van der Waals surface area contributed by atoms with E-state index in [9.17, 15) is 9.59 Å². The highest BCUT2D eigenvalue weighted by molar-refractivity contribution is 5.97. The van der Waals surface area contributed by atoms with Crippen molar-refractivity contribution in [1.29, 1.82) is 0 Å². The quantitative estimate of drug-likeness (QED) is 0.795. The minimum Gasteiger partial charge on any atom is -0.493 e. The Labute approximate surface area is 158 Å². The molecule has 1 saturated heterocycles. The van der Waals surface area contributed by atoms with Gasteiger partial charge in [-0.1, -0.05) is 6.07 Å². The van der Waals surface area contributed by atoms with Crippen LogP contribution in [0.1, 0.15) is 12.0 Å². The van der Waals surface area contributed by atoms with Gasteiger partial charge in [0.2, 0.25) is 11.8 Å². The number of hydrogen-bond donors (Lipinski definition) is 1. The van der Waals surface area contributed by atoms with E-state index in [0.717, 1.165) is 5.56 Å². The fraction of sp³-hybridized carbons (Fsp3) is 0.421. The van der Waals surface area contributed by atoms with Crippen LogP contribution >= 0.6 is 0 Å². The van der Waals surface area contributed by atoms with Crippen molar-refractivity contribution >= 4 is 17.5 Å². The first-order valence-electron chi connectivity index (χ1n) is 8.78. The maximum atomic E-state index is 12.4. The van der Waals surface area contributed by atoms with Crippen LogP contribution in [0.2, 0.25) is 0 Å². The van der Waals surface area contributed by atoms with Crippen LogP contribution in [0.25, 0.3) is 0 Å². The molecule has 2 heterocycles. The van der Waals surface area contributed by atoms with Gasteiger partial charge in [0.1, 0.15) is 0 Å². The molecule has 8 heteroatoms. The third-order valence-corrected chi connectivity index (χ3v) is 4.68. The highest BCUT2D eigenvalue weighted by Gasteiger charge is 2.34. The smallest absolute Gasteiger partial charge is 0.229 e. The number of likely N-dealkylation sites (tertiary alicyclic amines) is 1. The molecule has 0 unspecified atom stereocenters. The van der Waals surface area contributed by atoms with Gasteiger partial charge in [0.25, 0.3) is 0 Å². The minimum absolute atomic E-state index is 0.00168. The van der Waals surface area contributed by atoms with Crippen LogP contribution in [0.3, 0.4) is 0 Å². The molecule has 0 saturated carbocycles. The molecule has 0 bridgehead atoms. The number of anilines is 1. The molecule has 8 nitrogen and oxygen atoms in total. The minimum atomic E-state index is -0.344. The van der Waals surface area contributed by atoms with Gasteiger partial charge in [-0.2, -0.15) is 5.10 Å². The Morgan fingerprint density at radius 1 is 1.30 bits per heavy atom. The van der Waals surface area contributed by atoms with Crippen LogP contribution < -0.4 is 14.8 Å². The monoisotopic (exact) mass is 372 g/mol. The first-order chi connectivity index (χ1) is 13.0. The van der Waals surface area contributed by atoms with Crippen LogP contribution in [-0.4, -0.2) is 53.8 Å². The van der Waals surface area contributed by atoms with Gasteiger partial charge >= 0.3 is 0 Å². The van der Waals surface area contributed by atoms with Gasteiger partial charge < -0.3 is 19.7 Å². The van der Waals surface area contributed by atoms with Crippen LogP contribution in [0.5, 0.6) is 11.5 Å². The predicted octanol–water partition coefficient (Wildman–Crippen LogP) is 1.47. The number of hydrogen-bond acceptors (Lipinski definition) is 5. The SMILES string of the molecule is COc1ccc(CCN2C[C@H](C(=O)Nc3cnn(C)c3)CC2=O)cc1OC. The number of carbonyl (C=O) groups is 2. The van der Waals surface area contributed by atoms with E-state index < -0.39 is 0 Å². The molecule has 2 aromatic rings. The molecular formula is C19H24N4O4. The summed E-state index contributed by atoms with van der Waals surface area (Å²) < 4.78 is 12.2. The summed E-state index contributed by atoms with van der Waals surface area (Å²) in [6, 6.07) is 5.71. The number of carbonyl (C=O) groups excluding carboxylic acids is 2. The van der Waals surface area contributed by atoms with E-state index in [1.54, 1.807) is 43.2 Å². The third-order valence-electron chi connectivity index (χ3n) is 4.68. The number of ether oxygens (including phenoxy) is 2. The summed E-state index contributed by atoms with van der Waals surface area (Å²) in [6.45, 7) is 0.989.